The van der Waals surface area contributed by atoms with Crippen LogP contribution in [0.1, 0.15) is 19.4 Å². The Morgan fingerprint density at radius 2 is 1.95 bits per heavy atom. The molecule has 4 heteroatoms. The van der Waals surface area contributed by atoms with Crippen molar-refractivity contribution in [1.29, 1.82) is 0 Å². The smallest absolute Gasteiger partial charge is 0.209 e. The van der Waals surface area contributed by atoms with Gasteiger partial charge in [0.15, 0.2) is 0 Å². The second-order valence-electron chi connectivity index (χ2n) is 5.79. The van der Waals surface area contributed by atoms with Crippen LogP contribution in [0.4, 0.5) is 5.69 Å². The van der Waals surface area contributed by atoms with Crippen LogP contribution < -0.4 is 10.2 Å². The fourth-order valence-electron chi connectivity index (χ4n) is 2.82. The van der Waals surface area contributed by atoms with Gasteiger partial charge in [0.05, 0.1) is 0 Å². The van der Waals surface area contributed by atoms with E-state index in [-0.39, 0.29) is 0 Å². The van der Waals surface area contributed by atoms with Crippen molar-refractivity contribution in [2.24, 2.45) is 5.92 Å². The SMILES string of the molecule is CPc1cccc(CC(C)C)c1N1CCN(C=O)CC1. The van der Waals surface area contributed by atoms with Crippen LogP contribution >= 0.6 is 8.58 Å². The second kappa shape index (κ2) is 7.08. The van der Waals surface area contributed by atoms with Gasteiger partial charge in [0.1, 0.15) is 0 Å². The molecule has 1 heterocycles. The monoisotopic (exact) mass is 292 g/mol. The van der Waals surface area contributed by atoms with E-state index >= 15 is 0 Å². The molecule has 0 bridgehead atoms. The number of carbonyl (C=O) groups is 1. The fourth-order valence-corrected chi connectivity index (χ4v) is 3.64. The summed E-state index contributed by atoms with van der Waals surface area (Å²) in [5, 5.41) is 1.46. The first-order valence-corrected chi connectivity index (χ1v) is 8.89. The number of piperazine rings is 1. The molecule has 3 nitrogen and oxygen atoms in total. The van der Waals surface area contributed by atoms with E-state index in [2.05, 4.69) is 43.6 Å². The van der Waals surface area contributed by atoms with Gasteiger partial charge < -0.3 is 9.80 Å². The topological polar surface area (TPSA) is 23.6 Å². The highest BCUT2D eigenvalue weighted by Crippen LogP contribution is 2.26. The molecule has 20 heavy (non-hydrogen) atoms. The molecule has 1 atom stereocenters. The summed E-state index contributed by atoms with van der Waals surface area (Å²) >= 11 is 0. The Balaban J connectivity index is 2.26. The molecular weight excluding hydrogens is 267 g/mol. The maximum absolute atomic E-state index is 10.8. The average Bonchev–Trinajstić information content (AvgIpc) is 2.46. The summed E-state index contributed by atoms with van der Waals surface area (Å²) in [5.74, 6) is 0.667. The van der Waals surface area contributed by atoms with Crippen LogP contribution in [0.15, 0.2) is 18.2 Å². The van der Waals surface area contributed by atoms with Crippen molar-refractivity contribution in [2.75, 3.05) is 37.7 Å². The van der Waals surface area contributed by atoms with Crippen LogP contribution in [-0.2, 0) is 11.2 Å². The van der Waals surface area contributed by atoms with Gasteiger partial charge in [-0.2, -0.15) is 0 Å². The third kappa shape index (κ3) is 3.52. The molecule has 0 aromatic heterocycles. The molecule has 1 amide bonds. The number of anilines is 1. The number of rotatable bonds is 5. The molecule has 0 radical (unpaired) electrons. The highest BCUT2D eigenvalue weighted by atomic mass is 31.1. The lowest BCUT2D eigenvalue weighted by Crippen LogP contribution is -2.47. The first kappa shape index (κ1) is 15.3. The van der Waals surface area contributed by atoms with Gasteiger partial charge in [-0.15, -0.1) is 0 Å². The number of carbonyl (C=O) groups excluding carboxylic acids is 1. The van der Waals surface area contributed by atoms with E-state index in [9.17, 15) is 4.79 Å². The molecular formula is C16H25N2OP. The van der Waals surface area contributed by atoms with Crippen LogP contribution in [-0.4, -0.2) is 44.2 Å². The number of hydrogen-bond acceptors (Lipinski definition) is 2. The maximum Gasteiger partial charge on any atom is 0.209 e. The minimum Gasteiger partial charge on any atom is -0.367 e. The van der Waals surface area contributed by atoms with Crippen molar-refractivity contribution in [3.63, 3.8) is 0 Å². The van der Waals surface area contributed by atoms with E-state index in [1.165, 1.54) is 16.6 Å². The quantitative estimate of drug-likeness (QED) is 0.613. The molecule has 2 rings (SSSR count). The van der Waals surface area contributed by atoms with Gasteiger partial charge in [-0.25, -0.2) is 0 Å². The Morgan fingerprint density at radius 1 is 1.25 bits per heavy atom. The summed E-state index contributed by atoms with van der Waals surface area (Å²) in [5.41, 5.74) is 2.90. The molecule has 0 saturated carbocycles. The van der Waals surface area contributed by atoms with Crippen LogP contribution in [0.25, 0.3) is 0 Å². The number of amides is 1. The van der Waals surface area contributed by atoms with Gasteiger partial charge >= 0.3 is 0 Å². The number of hydrogen-bond donors (Lipinski definition) is 0. The summed E-state index contributed by atoms with van der Waals surface area (Å²) < 4.78 is 0. The zero-order chi connectivity index (χ0) is 14.5. The molecule has 0 N–H and O–H groups in total. The molecule has 1 aromatic rings. The fraction of sp³-hybridized carbons (Fsp3) is 0.562. The first-order valence-electron chi connectivity index (χ1n) is 7.39. The molecule has 1 aliphatic rings. The lowest BCUT2D eigenvalue weighted by atomic mass is 10.00. The third-order valence-electron chi connectivity index (χ3n) is 3.80. The largest absolute Gasteiger partial charge is 0.367 e. The minimum atomic E-state index is 0.667. The van der Waals surface area contributed by atoms with Crippen molar-refractivity contribution in [3.8, 4) is 0 Å². The van der Waals surface area contributed by atoms with Crippen LogP contribution in [0.3, 0.4) is 0 Å². The average molecular weight is 292 g/mol. The van der Waals surface area contributed by atoms with Crippen molar-refractivity contribution in [1.82, 2.24) is 4.90 Å². The van der Waals surface area contributed by atoms with E-state index in [1.807, 2.05) is 4.90 Å². The van der Waals surface area contributed by atoms with E-state index < -0.39 is 0 Å². The first-order chi connectivity index (χ1) is 9.65. The lowest BCUT2D eigenvalue weighted by Gasteiger charge is -2.36. The normalized spacial score (nSPS) is 16.4. The van der Waals surface area contributed by atoms with Gasteiger partial charge in [0.2, 0.25) is 6.41 Å². The predicted octanol–water partition coefficient (Wildman–Crippen LogP) is 2.10. The Bertz CT molecular complexity index is 454. The summed E-state index contributed by atoms with van der Waals surface area (Å²) in [6, 6.07) is 6.71. The Kier molecular flexibility index (Phi) is 5.42. The summed E-state index contributed by atoms with van der Waals surface area (Å²) in [6.07, 6.45) is 2.10. The highest BCUT2D eigenvalue weighted by Gasteiger charge is 2.20. The molecule has 1 aliphatic heterocycles. The van der Waals surface area contributed by atoms with Crippen LogP contribution in [0.2, 0.25) is 0 Å². The van der Waals surface area contributed by atoms with Gasteiger partial charge in [-0.3, -0.25) is 4.79 Å². The van der Waals surface area contributed by atoms with Crippen LogP contribution in [0.5, 0.6) is 0 Å². The molecule has 1 fully saturated rings. The molecule has 1 unspecified atom stereocenters. The number of benzene rings is 1. The lowest BCUT2D eigenvalue weighted by molar-refractivity contribution is -0.118. The molecule has 110 valence electrons. The Labute approximate surface area is 124 Å². The van der Waals surface area contributed by atoms with Gasteiger partial charge in [0, 0.05) is 31.9 Å². The van der Waals surface area contributed by atoms with Gasteiger partial charge in [-0.1, -0.05) is 40.6 Å². The predicted molar refractivity (Wildman–Crippen MR) is 88.7 cm³/mol. The molecule has 0 aliphatic carbocycles. The van der Waals surface area contributed by atoms with Crippen LogP contribution in [0, 0.1) is 5.92 Å². The van der Waals surface area contributed by atoms with Gasteiger partial charge in [-0.05, 0) is 29.9 Å². The van der Waals surface area contributed by atoms with Crippen molar-refractivity contribution < 1.29 is 4.79 Å². The van der Waals surface area contributed by atoms with E-state index in [0.29, 0.717) is 5.92 Å². The summed E-state index contributed by atoms with van der Waals surface area (Å²) in [4.78, 5) is 15.2. The van der Waals surface area contributed by atoms with Crippen molar-refractivity contribution in [2.45, 2.75) is 20.3 Å². The second-order valence-corrected chi connectivity index (χ2v) is 6.83. The molecule has 1 saturated heterocycles. The van der Waals surface area contributed by atoms with E-state index in [4.69, 9.17) is 0 Å². The zero-order valence-electron chi connectivity index (χ0n) is 12.7. The minimum absolute atomic E-state index is 0.667. The highest BCUT2D eigenvalue weighted by molar-refractivity contribution is 7.46. The number of nitrogens with zero attached hydrogens (tertiary/aromatic N) is 2. The summed E-state index contributed by atoms with van der Waals surface area (Å²) in [7, 11) is 0.816. The zero-order valence-corrected chi connectivity index (χ0v) is 13.7. The third-order valence-corrected chi connectivity index (χ3v) is 4.74. The van der Waals surface area contributed by atoms with E-state index in [1.54, 1.807) is 0 Å². The van der Waals surface area contributed by atoms with Gasteiger partial charge in [0.25, 0.3) is 0 Å². The standard InChI is InChI=1S/C16H25N2OP/c1-13(2)11-14-5-4-6-15(20-3)16(14)18-9-7-17(12-19)8-10-18/h4-6,12-13,20H,7-11H2,1-3H3. The Morgan fingerprint density at radius 3 is 2.50 bits per heavy atom. The molecule has 1 aromatic carbocycles. The van der Waals surface area contributed by atoms with Crippen molar-refractivity contribution in [3.05, 3.63) is 23.8 Å². The Hall–Kier alpha value is -1.08. The van der Waals surface area contributed by atoms with E-state index in [0.717, 1.165) is 47.6 Å². The summed E-state index contributed by atoms with van der Waals surface area (Å²) in [6.45, 7) is 10.4. The molecule has 0 spiro atoms. The number of para-hydroxylation sites is 1. The maximum atomic E-state index is 10.8. The van der Waals surface area contributed by atoms with Crippen molar-refractivity contribution >= 4 is 26.0 Å².